The van der Waals surface area contributed by atoms with Crippen LogP contribution in [0.5, 0.6) is 0 Å². The number of hydrogen-bond donors (Lipinski definition) is 0. The van der Waals surface area contributed by atoms with Gasteiger partial charge in [-0.2, -0.15) is 0 Å². The predicted octanol–water partition coefficient (Wildman–Crippen LogP) is 5.21. The monoisotopic (exact) mass is 402 g/mol. The van der Waals surface area contributed by atoms with Crippen LogP contribution in [-0.2, 0) is 12.4 Å². The molecule has 1 heterocycles. The van der Waals surface area contributed by atoms with Crippen LogP contribution in [0.4, 0.5) is 0 Å². The van der Waals surface area contributed by atoms with E-state index in [2.05, 4.69) is 52.3 Å². The summed E-state index contributed by atoms with van der Waals surface area (Å²) in [6.07, 6.45) is 5.47. The molecule has 1 aliphatic carbocycles. The number of hydrogen-bond acceptors (Lipinski definition) is 1. The molecule has 2 atom stereocenters. The van der Waals surface area contributed by atoms with E-state index in [1.54, 1.807) is 0 Å². The highest BCUT2D eigenvalue weighted by atomic mass is 127. The van der Waals surface area contributed by atoms with Crippen molar-refractivity contribution in [2.45, 2.75) is 45.0 Å². The number of imidazole rings is 1. The van der Waals surface area contributed by atoms with E-state index >= 15 is 0 Å². The largest absolute Gasteiger partial charge is 0.327 e. The molecule has 1 aliphatic rings. The zero-order valence-electron chi connectivity index (χ0n) is 11.8. The molecular weight excluding hydrogens is 383 g/mol. The maximum Gasteiger partial charge on any atom is 0.124 e. The topological polar surface area (TPSA) is 17.8 Å². The lowest BCUT2D eigenvalue weighted by molar-refractivity contribution is 0.229. The molecule has 0 N–H and O–H groups in total. The minimum Gasteiger partial charge on any atom is -0.327 e. The summed E-state index contributed by atoms with van der Waals surface area (Å²) in [5.74, 6) is 3.09. The fourth-order valence-electron chi connectivity index (χ4n) is 3.36. The average molecular weight is 403 g/mol. The Hall–Kier alpha value is -0.290. The van der Waals surface area contributed by atoms with E-state index < -0.39 is 0 Å². The number of halogens is 2. The first-order valence-corrected chi connectivity index (χ1v) is 9.01. The van der Waals surface area contributed by atoms with E-state index in [9.17, 15) is 0 Å². The molecule has 0 radical (unpaired) electrons. The van der Waals surface area contributed by atoms with Gasteiger partial charge in [-0.1, -0.05) is 26.2 Å². The standard InChI is InChI=1S/C16H20ClIN2/c1-11-4-2-3-5-12(11)10-20-15-7-6-13(18)8-14(15)19-16(20)9-17/h6-8,11-12H,2-5,9-10H2,1H3. The summed E-state index contributed by atoms with van der Waals surface area (Å²) >= 11 is 8.45. The smallest absolute Gasteiger partial charge is 0.124 e. The third kappa shape index (κ3) is 2.84. The van der Waals surface area contributed by atoms with Gasteiger partial charge >= 0.3 is 0 Å². The Bertz CT molecular complexity index is 608. The van der Waals surface area contributed by atoms with E-state index in [0.29, 0.717) is 5.88 Å². The van der Waals surface area contributed by atoms with Gasteiger partial charge in [-0.25, -0.2) is 4.98 Å². The second-order valence-corrected chi connectivity index (χ2v) is 7.44. The van der Waals surface area contributed by atoms with Crippen molar-refractivity contribution in [1.29, 1.82) is 0 Å². The highest BCUT2D eigenvalue weighted by molar-refractivity contribution is 14.1. The Morgan fingerprint density at radius 3 is 2.90 bits per heavy atom. The van der Waals surface area contributed by atoms with Crippen molar-refractivity contribution >= 4 is 45.2 Å². The van der Waals surface area contributed by atoms with Gasteiger partial charge < -0.3 is 4.57 Å². The molecule has 1 aromatic heterocycles. The number of nitrogens with zero attached hydrogens (tertiary/aromatic N) is 2. The molecule has 1 aromatic carbocycles. The number of fused-ring (bicyclic) bond motifs is 1. The fraction of sp³-hybridized carbons (Fsp3) is 0.562. The van der Waals surface area contributed by atoms with Gasteiger partial charge in [-0.15, -0.1) is 11.6 Å². The molecule has 2 aromatic rings. The lowest BCUT2D eigenvalue weighted by Gasteiger charge is -2.29. The van der Waals surface area contributed by atoms with E-state index in [-0.39, 0.29) is 0 Å². The van der Waals surface area contributed by atoms with Crippen LogP contribution in [0.15, 0.2) is 18.2 Å². The highest BCUT2D eigenvalue weighted by Crippen LogP contribution is 2.32. The van der Waals surface area contributed by atoms with Crippen molar-refractivity contribution in [2.24, 2.45) is 11.8 Å². The normalized spacial score (nSPS) is 23.4. The van der Waals surface area contributed by atoms with Gasteiger partial charge in [0.05, 0.1) is 16.9 Å². The molecule has 0 saturated heterocycles. The Labute approximate surface area is 139 Å². The Morgan fingerprint density at radius 1 is 1.35 bits per heavy atom. The van der Waals surface area contributed by atoms with Crippen LogP contribution >= 0.6 is 34.2 Å². The van der Waals surface area contributed by atoms with Crippen LogP contribution in [0, 0.1) is 15.4 Å². The number of aromatic nitrogens is 2. The maximum absolute atomic E-state index is 6.11. The second kappa shape index (κ2) is 6.22. The van der Waals surface area contributed by atoms with Crippen molar-refractivity contribution in [3.05, 3.63) is 27.6 Å². The van der Waals surface area contributed by atoms with Gasteiger partial charge in [-0.3, -0.25) is 0 Å². The minimum atomic E-state index is 0.492. The molecule has 0 amide bonds. The first-order chi connectivity index (χ1) is 9.69. The first-order valence-electron chi connectivity index (χ1n) is 7.39. The lowest BCUT2D eigenvalue weighted by Crippen LogP contribution is -2.22. The van der Waals surface area contributed by atoms with Gasteiger partial charge in [0.25, 0.3) is 0 Å². The highest BCUT2D eigenvalue weighted by Gasteiger charge is 2.23. The third-order valence-electron chi connectivity index (χ3n) is 4.62. The summed E-state index contributed by atoms with van der Waals surface area (Å²) in [5.41, 5.74) is 2.31. The number of rotatable bonds is 3. The van der Waals surface area contributed by atoms with Gasteiger partial charge in [0, 0.05) is 10.1 Å². The molecule has 20 heavy (non-hydrogen) atoms. The Kier molecular flexibility index (Phi) is 4.55. The van der Waals surface area contributed by atoms with Crippen molar-refractivity contribution < 1.29 is 0 Å². The SMILES string of the molecule is CC1CCCCC1Cn1c(CCl)nc2cc(I)ccc21. The van der Waals surface area contributed by atoms with Gasteiger partial charge in [0.1, 0.15) is 5.82 Å². The predicted molar refractivity (Wildman–Crippen MR) is 93.1 cm³/mol. The molecule has 0 aliphatic heterocycles. The van der Waals surface area contributed by atoms with E-state index in [4.69, 9.17) is 16.6 Å². The zero-order chi connectivity index (χ0) is 14.1. The summed E-state index contributed by atoms with van der Waals surface area (Å²) in [6.45, 7) is 3.46. The van der Waals surface area contributed by atoms with E-state index in [1.165, 1.54) is 34.8 Å². The summed E-state index contributed by atoms with van der Waals surface area (Å²) in [6, 6.07) is 6.49. The van der Waals surface area contributed by atoms with Crippen molar-refractivity contribution in [3.8, 4) is 0 Å². The number of alkyl halides is 1. The Morgan fingerprint density at radius 2 is 2.15 bits per heavy atom. The maximum atomic E-state index is 6.11. The van der Waals surface area contributed by atoms with Gasteiger partial charge in [0.2, 0.25) is 0 Å². The van der Waals surface area contributed by atoms with E-state index in [1.807, 2.05) is 0 Å². The fourth-order valence-corrected chi connectivity index (χ4v) is 4.04. The summed E-state index contributed by atoms with van der Waals surface area (Å²) in [7, 11) is 0. The molecule has 1 fully saturated rings. The second-order valence-electron chi connectivity index (χ2n) is 5.93. The molecule has 2 unspecified atom stereocenters. The van der Waals surface area contributed by atoms with Crippen molar-refractivity contribution in [3.63, 3.8) is 0 Å². The summed E-state index contributed by atoms with van der Waals surface area (Å²) < 4.78 is 3.58. The third-order valence-corrected chi connectivity index (χ3v) is 5.53. The quantitative estimate of drug-likeness (QED) is 0.509. The van der Waals surface area contributed by atoms with Crippen LogP contribution in [0.2, 0.25) is 0 Å². The summed E-state index contributed by atoms with van der Waals surface area (Å²) in [4.78, 5) is 4.71. The minimum absolute atomic E-state index is 0.492. The molecular formula is C16H20ClIN2. The molecule has 1 saturated carbocycles. The molecule has 3 rings (SSSR count). The van der Waals surface area contributed by atoms with Crippen molar-refractivity contribution in [2.75, 3.05) is 0 Å². The van der Waals surface area contributed by atoms with Crippen LogP contribution in [0.25, 0.3) is 11.0 Å². The molecule has 108 valence electrons. The molecule has 2 nitrogen and oxygen atoms in total. The Balaban J connectivity index is 1.96. The van der Waals surface area contributed by atoms with Crippen LogP contribution in [-0.4, -0.2) is 9.55 Å². The molecule has 0 spiro atoms. The zero-order valence-corrected chi connectivity index (χ0v) is 14.7. The van der Waals surface area contributed by atoms with Crippen molar-refractivity contribution in [1.82, 2.24) is 9.55 Å². The van der Waals surface area contributed by atoms with Gasteiger partial charge in [-0.05, 0) is 59.0 Å². The molecule has 4 heteroatoms. The number of benzene rings is 1. The first kappa shape index (κ1) is 14.6. The molecule has 0 bridgehead atoms. The lowest BCUT2D eigenvalue weighted by atomic mass is 9.80. The van der Waals surface area contributed by atoms with Crippen LogP contribution in [0.3, 0.4) is 0 Å². The average Bonchev–Trinajstić information content (AvgIpc) is 2.78. The van der Waals surface area contributed by atoms with Gasteiger partial charge in [0.15, 0.2) is 0 Å². The van der Waals surface area contributed by atoms with E-state index in [0.717, 1.165) is 29.7 Å². The van der Waals surface area contributed by atoms with Crippen LogP contribution in [0.1, 0.15) is 38.4 Å². The van der Waals surface area contributed by atoms with Crippen LogP contribution < -0.4 is 0 Å². The summed E-state index contributed by atoms with van der Waals surface area (Å²) in [5, 5.41) is 0.